The molecule has 1 fully saturated rings. The van der Waals surface area contributed by atoms with Gasteiger partial charge in [0.25, 0.3) is 11.8 Å². The zero-order chi connectivity index (χ0) is 40.8. The number of benzene rings is 4. The number of carbonyl (C=O) groups is 5. The minimum absolute atomic E-state index is 0.156. The molecule has 14 heteroatoms. The molecule has 0 saturated carbocycles. The van der Waals surface area contributed by atoms with Gasteiger partial charge in [0.1, 0.15) is 6.04 Å². The fraction of sp³-hybridized carbons (Fsp3) is 0.333. The number of piperidine rings is 1. The second-order valence-electron chi connectivity index (χ2n) is 15.0. The number of nitrogens with one attached hydrogen (secondary N) is 3. The van der Waals surface area contributed by atoms with Crippen LogP contribution in [-0.4, -0.2) is 103 Å². The Morgan fingerprint density at radius 2 is 1.56 bits per heavy atom. The maximum Gasteiger partial charge on any atom is 0.256 e. The van der Waals surface area contributed by atoms with E-state index in [1.54, 1.807) is 17.0 Å². The average molecular weight is 799 g/mol. The predicted molar refractivity (Wildman–Crippen MR) is 217 cm³/mol. The number of fused-ring (bicyclic) bond motifs is 4. The molecule has 1 saturated heterocycles. The Hall–Kier alpha value is -6.38. The Kier molecular flexibility index (Phi) is 11.8. The van der Waals surface area contributed by atoms with E-state index in [0.717, 1.165) is 33.5 Å². The summed E-state index contributed by atoms with van der Waals surface area (Å²) in [5.41, 5.74) is 4.31. The van der Waals surface area contributed by atoms with Crippen LogP contribution in [0.5, 0.6) is 0 Å². The van der Waals surface area contributed by atoms with Crippen molar-refractivity contribution in [1.82, 2.24) is 20.4 Å². The van der Waals surface area contributed by atoms with Crippen molar-refractivity contribution in [3.63, 3.8) is 0 Å². The molecule has 1 unspecified atom stereocenters. The molecule has 8 rings (SSSR count). The predicted octanol–water partition coefficient (Wildman–Crippen LogP) is 3.55. The summed E-state index contributed by atoms with van der Waals surface area (Å²) in [5, 5.41) is 8.55. The number of hydrogen-bond donors (Lipinski definition) is 3. The summed E-state index contributed by atoms with van der Waals surface area (Å²) in [6, 6.07) is 31.9. The van der Waals surface area contributed by atoms with Gasteiger partial charge in [0.2, 0.25) is 23.6 Å². The third-order valence-corrected chi connectivity index (χ3v) is 11.1. The van der Waals surface area contributed by atoms with Crippen LogP contribution in [0.1, 0.15) is 57.1 Å². The molecular weight excluding hydrogens is 753 g/mol. The van der Waals surface area contributed by atoms with Gasteiger partial charge in [-0.2, -0.15) is 0 Å². The number of aliphatic imine (C=N–C) groups is 1. The molecule has 0 aliphatic carbocycles. The van der Waals surface area contributed by atoms with Gasteiger partial charge in [-0.25, -0.2) is 4.99 Å². The smallest absolute Gasteiger partial charge is 0.256 e. The van der Waals surface area contributed by atoms with Crippen LogP contribution in [0.2, 0.25) is 0 Å². The second-order valence-corrected chi connectivity index (χ2v) is 15.0. The minimum Gasteiger partial charge on any atom is -0.466 e. The fourth-order valence-electron chi connectivity index (χ4n) is 8.22. The quantitative estimate of drug-likeness (QED) is 0.114. The normalized spacial score (nSPS) is 20.8. The highest BCUT2D eigenvalue weighted by molar-refractivity contribution is 6.06. The lowest BCUT2D eigenvalue weighted by molar-refractivity contribution is -0.143. The van der Waals surface area contributed by atoms with E-state index in [1.165, 1.54) is 4.90 Å². The van der Waals surface area contributed by atoms with Gasteiger partial charge in [0.15, 0.2) is 11.6 Å². The molecule has 4 aliphatic rings. The third kappa shape index (κ3) is 8.45. The number of rotatable bonds is 16. The molecule has 4 heterocycles. The first-order chi connectivity index (χ1) is 28.8. The van der Waals surface area contributed by atoms with E-state index in [1.807, 2.05) is 91.0 Å². The SMILES string of the molecule is O=C(CN1Cc2ccccc2[C@@H]2OC(c3ccccc3)=N[C@]2(Cc2ccccc2)C1=O)NCCOCCOCCNc1cccc2c1CN(C1CCC(=O)NC1=O)C2=O. The van der Waals surface area contributed by atoms with Gasteiger partial charge in [-0.15, -0.1) is 0 Å². The van der Waals surface area contributed by atoms with E-state index >= 15 is 0 Å². The summed E-state index contributed by atoms with van der Waals surface area (Å²) in [5.74, 6) is -1.16. The fourth-order valence-corrected chi connectivity index (χ4v) is 8.22. The van der Waals surface area contributed by atoms with Crippen molar-refractivity contribution in [3.05, 3.63) is 137 Å². The van der Waals surface area contributed by atoms with Gasteiger partial charge in [-0.1, -0.05) is 78.9 Å². The Balaban J connectivity index is 0.805. The van der Waals surface area contributed by atoms with Gasteiger partial charge >= 0.3 is 0 Å². The number of anilines is 1. The van der Waals surface area contributed by atoms with Crippen molar-refractivity contribution in [1.29, 1.82) is 0 Å². The Morgan fingerprint density at radius 3 is 2.34 bits per heavy atom. The molecule has 0 spiro atoms. The second kappa shape index (κ2) is 17.6. The minimum atomic E-state index is -1.32. The van der Waals surface area contributed by atoms with Crippen molar-refractivity contribution in [2.75, 3.05) is 51.4 Å². The van der Waals surface area contributed by atoms with Gasteiger partial charge in [0, 0.05) is 67.0 Å². The summed E-state index contributed by atoms with van der Waals surface area (Å²) >= 11 is 0. The highest BCUT2D eigenvalue weighted by atomic mass is 16.5. The van der Waals surface area contributed by atoms with E-state index in [4.69, 9.17) is 19.2 Å². The highest BCUT2D eigenvalue weighted by Gasteiger charge is 2.57. The summed E-state index contributed by atoms with van der Waals surface area (Å²) in [6.07, 6.45) is 0.133. The molecule has 0 bridgehead atoms. The van der Waals surface area contributed by atoms with Crippen LogP contribution < -0.4 is 16.0 Å². The molecule has 5 amide bonds. The van der Waals surface area contributed by atoms with Crippen LogP contribution in [0, 0.1) is 0 Å². The monoisotopic (exact) mass is 798 g/mol. The first-order valence-corrected chi connectivity index (χ1v) is 20.0. The molecule has 0 aromatic heterocycles. The van der Waals surface area contributed by atoms with Crippen molar-refractivity contribution < 1.29 is 38.2 Å². The van der Waals surface area contributed by atoms with E-state index < -0.39 is 23.6 Å². The van der Waals surface area contributed by atoms with Crippen molar-refractivity contribution >= 4 is 41.1 Å². The molecule has 4 aromatic carbocycles. The Labute approximate surface area is 341 Å². The highest BCUT2D eigenvalue weighted by Crippen LogP contribution is 2.46. The van der Waals surface area contributed by atoms with Crippen molar-refractivity contribution in [3.8, 4) is 0 Å². The zero-order valence-electron chi connectivity index (χ0n) is 32.6. The Morgan fingerprint density at radius 1 is 0.831 bits per heavy atom. The van der Waals surface area contributed by atoms with E-state index in [2.05, 4.69) is 16.0 Å². The van der Waals surface area contributed by atoms with Gasteiger partial charge < -0.3 is 34.6 Å². The Bertz CT molecular complexity index is 2250. The topological polar surface area (TPSA) is 168 Å². The molecule has 304 valence electrons. The summed E-state index contributed by atoms with van der Waals surface area (Å²) < 4.78 is 18.0. The molecule has 3 atom stereocenters. The van der Waals surface area contributed by atoms with Crippen molar-refractivity contribution in [2.24, 2.45) is 4.99 Å². The molecule has 3 N–H and O–H groups in total. The van der Waals surface area contributed by atoms with E-state index in [0.29, 0.717) is 50.7 Å². The number of hydrogen-bond acceptors (Lipinski definition) is 10. The number of nitrogens with zero attached hydrogens (tertiary/aromatic N) is 3. The van der Waals surface area contributed by atoms with Crippen LogP contribution in [0.25, 0.3) is 0 Å². The molecule has 59 heavy (non-hydrogen) atoms. The maximum absolute atomic E-state index is 14.8. The maximum atomic E-state index is 14.8. The van der Waals surface area contributed by atoms with Crippen LogP contribution in [0.3, 0.4) is 0 Å². The lowest BCUT2D eigenvalue weighted by Crippen LogP contribution is -2.52. The summed E-state index contributed by atoms with van der Waals surface area (Å²) in [7, 11) is 0. The molecule has 4 aromatic rings. The van der Waals surface area contributed by atoms with Gasteiger partial charge in [-0.3, -0.25) is 29.3 Å². The first kappa shape index (κ1) is 39.4. The first-order valence-electron chi connectivity index (χ1n) is 20.0. The summed E-state index contributed by atoms with van der Waals surface area (Å²) in [6.45, 7) is 2.40. The lowest BCUT2D eigenvalue weighted by Gasteiger charge is -2.32. The zero-order valence-corrected chi connectivity index (χ0v) is 32.6. The third-order valence-electron chi connectivity index (χ3n) is 11.1. The number of imide groups is 1. The van der Waals surface area contributed by atoms with Crippen LogP contribution in [0.4, 0.5) is 5.69 Å². The number of ether oxygens (including phenoxy) is 3. The summed E-state index contributed by atoms with van der Waals surface area (Å²) in [4.78, 5) is 73.4. The standard InChI is InChI=1S/C45H46N6O8/c52-38-19-18-37(41(54)48-38)51-28-35-34(43(51)55)16-9-17-36(35)46-20-22-57-24-25-58-23-21-47-39(53)29-50-27-32-14-7-8-15-33(32)40-45(44(50)56,26-30-10-3-1-4-11-30)49-42(59-40)31-12-5-2-6-13-31/h1-17,37,40,46H,18-29H2,(H,47,53)(H,48,52,54)/t37?,40-,45-/m0/s1. The average Bonchev–Trinajstić information content (AvgIpc) is 3.78. The van der Waals surface area contributed by atoms with E-state index in [9.17, 15) is 24.0 Å². The van der Waals surface area contributed by atoms with Crippen LogP contribution >= 0.6 is 0 Å². The van der Waals surface area contributed by atoms with E-state index in [-0.39, 0.29) is 62.8 Å². The largest absolute Gasteiger partial charge is 0.466 e. The van der Waals surface area contributed by atoms with Gasteiger partial charge in [0.05, 0.1) is 33.0 Å². The molecule has 4 aliphatic heterocycles. The van der Waals surface area contributed by atoms with Crippen molar-refractivity contribution in [2.45, 2.75) is 50.0 Å². The van der Waals surface area contributed by atoms with Crippen LogP contribution in [0.15, 0.2) is 108 Å². The number of amides is 5. The van der Waals surface area contributed by atoms with Gasteiger partial charge in [-0.05, 0) is 41.8 Å². The molecule has 0 radical (unpaired) electrons. The lowest BCUT2D eigenvalue weighted by atomic mass is 9.81. The molecular formula is C45H46N6O8. The van der Waals surface area contributed by atoms with Crippen LogP contribution in [-0.2, 0) is 52.9 Å². The number of carbonyl (C=O) groups excluding carboxylic acids is 5. The molecule has 14 nitrogen and oxygen atoms in total.